The normalized spacial score (nSPS) is 25.5. The van der Waals surface area contributed by atoms with E-state index in [1.807, 2.05) is 18.2 Å². The summed E-state index contributed by atoms with van der Waals surface area (Å²) in [6, 6.07) is 16.0. The Labute approximate surface area is 178 Å². The molecule has 30 heavy (non-hydrogen) atoms. The summed E-state index contributed by atoms with van der Waals surface area (Å²) in [5.41, 5.74) is 9.87. The van der Waals surface area contributed by atoms with Crippen molar-refractivity contribution >= 4 is 23.3 Å². The molecule has 0 atom stereocenters. The molecule has 1 saturated carbocycles. The molecule has 0 unspecified atom stereocenters. The number of nitrogens with one attached hydrogen (secondary N) is 1. The van der Waals surface area contributed by atoms with Crippen LogP contribution < -0.4 is 16.0 Å². The standard InChI is InChI=1S/C25H31N3O2/c1-3-25(14-12-24(2,13-15-25)18-8-5-4-6-9-18)17-28(23(26)30)21-11-7-10-20-19(21)16-22(29)27-20/h4-11H,3,12-17H2,1-2H3,(H2,26,30)(H,27,29). The highest BCUT2D eigenvalue weighted by Gasteiger charge is 2.42. The van der Waals surface area contributed by atoms with Crippen LogP contribution in [-0.4, -0.2) is 18.5 Å². The summed E-state index contributed by atoms with van der Waals surface area (Å²) in [5, 5.41) is 2.87. The highest BCUT2D eigenvalue weighted by atomic mass is 16.2. The molecule has 1 aliphatic heterocycles. The van der Waals surface area contributed by atoms with Crippen LogP contribution in [0.3, 0.4) is 0 Å². The van der Waals surface area contributed by atoms with Crippen LogP contribution in [0.4, 0.5) is 16.2 Å². The van der Waals surface area contributed by atoms with Gasteiger partial charge in [0.2, 0.25) is 5.91 Å². The van der Waals surface area contributed by atoms with Crippen molar-refractivity contribution in [1.82, 2.24) is 0 Å². The number of hydrogen-bond donors (Lipinski definition) is 2. The molecule has 4 rings (SSSR count). The van der Waals surface area contributed by atoms with Crippen LogP contribution in [0.15, 0.2) is 48.5 Å². The van der Waals surface area contributed by atoms with Gasteiger partial charge in [-0.15, -0.1) is 0 Å². The summed E-state index contributed by atoms with van der Waals surface area (Å²) < 4.78 is 0. The van der Waals surface area contributed by atoms with E-state index in [1.165, 1.54) is 5.56 Å². The van der Waals surface area contributed by atoms with Crippen LogP contribution in [0.5, 0.6) is 0 Å². The maximum absolute atomic E-state index is 12.5. The topological polar surface area (TPSA) is 75.4 Å². The van der Waals surface area contributed by atoms with Gasteiger partial charge in [0.1, 0.15) is 0 Å². The number of carbonyl (C=O) groups excluding carboxylic acids is 2. The average Bonchev–Trinajstić information content (AvgIpc) is 3.14. The van der Waals surface area contributed by atoms with Gasteiger partial charge < -0.3 is 11.1 Å². The van der Waals surface area contributed by atoms with Crippen molar-refractivity contribution in [3.8, 4) is 0 Å². The van der Waals surface area contributed by atoms with E-state index in [-0.39, 0.29) is 16.7 Å². The number of nitrogens with two attached hydrogens (primary N) is 1. The SMILES string of the molecule is CCC1(CN(C(N)=O)c2cccc3c2CC(=O)N3)CCC(C)(c2ccccc2)CC1. The summed E-state index contributed by atoms with van der Waals surface area (Å²) in [6.07, 6.45) is 5.55. The van der Waals surface area contributed by atoms with E-state index >= 15 is 0 Å². The summed E-state index contributed by atoms with van der Waals surface area (Å²) in [6.45, 7) is 5.16. The maximum Gasteiger partial charge on any atom is 0.319 e. The molecule has 1 aliphatic carbocycles. The molecule has 0 bridgehead atoms. The van der Waals surface area contributed by atoms with Gasteiger partial charge in [0.25, 0.3) is 0 Å². The fourth-order valence-corrected chi connectivity index (χ4v) is 5.19. The Bertz CT molecular complexity index is 946. The van der Waals surface area contributed by atoms with Gasteiger partial charge in [-0.05, 0) is 60.6 Å². The number of rotatable bonds is 5. The second-order valence-corrected chi connectivity index (χ2v) is 9.23. The maximum atomic E-state index is 12.5. The first-order valence-electron chi connectivity index (χ1n) is 10.9. The highest BCUT2D eigenvalue weighted by Crippen LogP contribution is 2.49. The lowest BCUT2D eigenvalue weighted by molar-refractivity contribution is -0.115. The van der Waals surface area contributed by atoms with Crippen LogP contribution in [0.25, 0.3) is 0 Å². The smallest absolute Gasteiger partial charge is 0.319 e. The second kappa shape index (κ2) is 7.78. The molecule has 5 nitrogen and oxygen atoms in total. The third-order valence-electron chi connectivity index (χ3n) is 7.45. The average molecular weight is 406 g/mol. The van der Waals surface area contributed by atoms with Gasteiger partial charge in [0.15, 0.2) is 0 Å². The number of carbonyl (C=O) groups is 2. The molecule has 5 heteroatoms. The van der Waals surface area contributed by atoms with Gasteiger partial charge in [-0.2, -0.15) is 0 Å². The molecule has 2 aromatic carbocycles. The zero-order valence-corrected chi connectivity index (χ0v) is 17.9. The van der Waals surface area contributed by atoms with E-state index in [9.17, 15) is 9.59 Å². The summed E-state index contributed by atoms with van der Waals surface area (Å²) >= 11 is 0. The van der Waals surface area contributed by atoms with E-state index in [2.05, 4.69) is 49.5 Å². The lowest BCUT2D eigenvalue weighted by Gasteiger charge is -2.47. The number of anilines is 2. The largest absolute Gasteiger partial charge is 0.351 e. The molecule has 0 spiro atoms. The Morgan fingerprint density at radius 3 is 2.40 bits per heavy atom. The second-order valence-electron chi connectivity index (χ2n) is 9.23. The predicted octanol–water partition coefficient (Wildman–Crippen LogP) is 4.99. The molecular weight excluding hydrogens is 374 g/mol. The molecule has 2 aliphatic rings. The molecule has 1 heterocycles. The van der Waals surface area contributed by atoms with E-state index < -0.39 is 6.03 Å². The van der Waals surface area contributed by atoms with Crippen molar-refractivity contribution < 1.29 is 9.59 Å². The van der Waals surface area contributed by atoms with Crippen LogP contribution >= 0.6 is 0 Å². The molecule has 2 aromatic rings. The molecule has 3 N–H and O–H groups in total. The van der Waals surface area contributed by atoms with Crippen molar-refractivity contribution in [1.29, 1.82) is 0 Å². The van der Waals surface area contributed by atoms with E-state index in [0.717, 1.165) is 49.0 Å². The van der Waals surface area contributed by atoms with Gasteiger partial charge in [0, 0.05) is 17.8 Å². The van der Waals surface area contributed by atoms with E-state index in [1.54, 1.807) is 4.90 Å². The summed E-state index contributed by atoms with van der Waals surface area (Å²) in [7, 11) is 0. The fourth-order valence-electron chi connectivity index (χ4n) is 5.19. The number of benzene rings is 2. The lowest BCUT2D eigenvalue weighted by atomic mass is 9.61. The quantitative estimate of drug-likeness (QED) is 0.735. The van der Waals surface area contributed by atoms with Crippen LogP contribution in [0.1, 0.15) is 57.1 Å². The molecule has 1 fully saturated rings. The van der Waals surface area contributed by atoms with Crippen LogP contribution in [0.2, 0.25) is 0 Å². The third-order valence-corrected chi connectivity index (χ3v) is 7.45. The van der Waals surface area contributed by atoms with Crippen LogP contribution in [-0.2, 0) is 16.6 Å². The number of amides is 3. The number of fused-ring (bicyclic) bond motifs is 1. The molecule has 0 radical (unpaired) electrons. The van der Waals surface area contributed by atoms with E-state index in [0.29, 0.717) is 13.0 Å². The minimum Gasteiger partial charge on any atom is -0.351 e. The van der Waals surface area contributed by atoms with E-state index in [4.69, 9.17) is 5.73 Å². The Morgan fingerprint density at radius 1 is 1.07 bits per heavy atom. The Morgan fingerprint density at radius 2 is 1.77 bits per heavy atom. The molecule has 3 amide bonds. The van der Waals surface area contributed by atoms with Gasteiger partial charge in [0.05, 0.1) is 12.1 Å². The van der Waals surface area contributed by atoms with Crippen LogP contribution in [0, 0.1) is 5.41 Å². The van der Waals surface area contributed by atoms with Gasteiger partial charge >= 0.3 is 6.03 Å². The third kappa shape index (κ3) is 3.69. The minimum absolute atomic E-state index is 0.0298. The molecular formula is C25H31N3O2. The van der Waals surface area contributed by atoms with Crippen molar-refractivity contribution in [3.05, 3.63) is 59.7 Å². The van der Waals surface area contributed by atoms with Crippen molar-refractivity contribution in [2.24, 2.45) is 11.1 Å². The molecule has 0 aromatic heterocycles. The van der Waals surface area contributed by atoms with Crippen molar-refractivity contribution in [2.75, 3.05) is 16.8 Å². The zero-order valence-electron chi connectivity index (χ0n) is 17.9. The molecule has 0 saturated heterocycles. The zero-order chi connectivity index (χ0) is 21.4. The Balaban J connectivity index is 1.58. The van der Waals surface area contributed by atoms with Gasteiger partial charge in [-0.1, -0.05) is 50.2 Å². The summed E-state index contributed by atoms with van der Waals surface area (Å²) in [4.78, 5) is 26.1. The monoisotopic (exact) mass is 405 g/mol. The minimum atomic E-state index is -0.452. The Kier molecular flexibility index (Phi) is 5.31. The molecule has 158 valence electrons. The van der Waals surface area contributed by atoms with Gasteiger partial charge in [-0.25, -0.2) is 4.79 Å². The number of nitrogens with zero attached hydrogens (tertiary/aromatic N) is 1. The highest BCUT2D eigenvalue weighted by molar-refractivity contribution is 6.03. The fraction of sp³-hybridized carbons (Fsp3) is 0.440. The first-order chi connectivity index (χ1) is 14.4. The predicted molar refractivity (Wildman–Crippen MR) is 121 cm³/mol. The van der Waals surface area contributed by atoms with Crippen molar-refractivity contribution in [2.45, 2.75) is 57.8 Å². The van der Waals surface area contributed by atoms with Gasteiger partial charge in [-0.3, -0.25) is 9.69 Å². The number of urea groups is 1. The number of primary amides is 1. The first kappa shape index (κ1) is 20.5. The van der Waals surface area contributed by atoms with Crippen molar-refractivity contribution in [3.63, 3.8) is 0 Å². The lowest BCUT2D eigenvalue weighted by Crippen LogP contribution is -2.47. The number of hydrogen-bond acceptors (Lipinski definition) is 2. The first-order valence-corrected chi connectivity index (χ1v) is 10.9. The summed E-state index contributed by atoms with van der Waals surface area (Å²) in [5.74, 6) is -0.0385. The Hall–Kier alpha value is -2.82.